The summed E-state index contributed by atoms with van der Waals surface area (Å²) in [6.07, 6.45) is -0.331. The molecule has 8 heteroatoms. The Hall–Kier alpha value is -3.67. The van der Waals surface area contributed by atoms with Crippen molar-refractivity contribution in [2.24, 2.45) is 0 Å². The number of hydrogen-bond donors (Lipinski definition) is 4. The molecule has 30 heavy (non-hydrogen) atoms. The highest BCUT2D eigenvalue weighted by Crippen LogP contribution is 2.06. The van der Waals surface area contributed by atoms with Crippen molar-refractivity contribution in [3.8, 4) is 11.8 Å². The molecule has 0 spiro atoms. The van der Waals surface area contributed by atoms with Crippen molar-refractivity contribution in [3.63, 3.8) is 0 Å². The number of rotatable bonds is 8. The highest BCUT2D eigenvalue weighted by molar-refractivity contribution is 5.98. The molecular formula is C22H23N3O5. The summed E-state index contributed by atoms with van der Waals surface area (Å²) in [5.41, 5.74) is 3.34. The van der Waals surface area contributed by atoms with E-state index in [1.165, 1.54) is 12.6 Å². The molecule has 0 heterocycles. The Kier molecular flexibility index (Phi) is 9.06. The average molecular weight is 409 g/mol. The second-order valence-electron chi connectivity index (χ2n) is 6.24. The Morgan fingerprint density at radius 1 is 1.00 bits per heavy atom. The average Bonchev–Trinajstić information content (AvgIpc) is 2.78. The molecule has 0 aliphatic heterocycles. The Bertz CT molecular complexity index is 917. The quantitative estimate of drug-likeness (QED) is 0.223. The maximum Gasteiger partial charge on any atom is 0.266 e. The molecule has 0 unspecified atom stereocenters. The Labute approximate surface area is 174 Å². The van der Waals surface area contributed by atoms with Gasteiger partial charge in [0, 0.05) is 30.3 Å². The number of ether oxygens (including phenoxy) is 1. The minimum atomic E-state index is -1.23. The van der Waals surface area contributed by atoms with E-state index in [9.17, 15) is 14.4 Å². The van der Waals surface area contributed by atoms with Gasteiger partial charge in [0.15, 0.2) is 0 Å². The fourth-order valence-corrected chi connectivity index (χ4v) is 2.45. The fraction of sp³-hybridized carbons (Fsp3) is 0.227. The smallest absolute Gasteiger partial charge is 0.266 e. The number of methoxy groups -OCH3 is 1. The largest absolute Gasteiger partial charge is 0.383 e. The Morgan fingerprint density at radius 3 is 2.23 bits per heavy atom. The lowest BCUT2D eigenvalue weighted by molar-refractivity contribution is -0.134. The number of hydroxylamine groups is 1. The van der Waals surface area contributed by atoms with Gasteiger partial charge in [-0.2, -0.15) is 0 Å². The van der Waals surface area contributed by atoms with Crippen molar-refractivity contribution in [1.82, 2.24) is 16.1 Å². The third-order valence-corrected chi connectivity index (χ3v) is 4.02. The summed E-state index contributed by atoms with van der Waals surface area (Å²) < 4.78 is 4.83. The third-order valence-electron chi connectivity index (χ3n) is 4.02. The van der Waals surface area contributed by atoms with Crippen LogP contribution in [0, 0.1) is 11.8 Å². The van der Waals surface area contributed by atoms with E-state index in [0.717, 1.165) is 11.1 Å². The van der Waals surface area contributed by atoms with E-state index in [1.54, 1.807) is 24.3 Å². The lowest BCUT2D eigenvalue weighted by Gasteiger charge is -2.16. The Balaban J connectivity index is 2.00. The molecule has 0 aliphatic carbocycles. The van der Waals surface area contributed by atoms with E-state index in [4.69, 9.17) is 9.94 Å². The number of nitrogens with one attached hydrogen (secondary N) is 3. The van der Waals surface area contributed by atoms with Gasteiger partial charge in [0.05, 0.1) is 13.0 Å². The van der Waals surface area contributed by atoms with Crippen molar-refractivity contribution < 1.29 is 24.3 Å². The van der Waals surface area contributed by atoms with E-state index in [1.807, 2.05) is 30.3 Å². The van der Waals surface area contributed by atoms with Crippen LogP contribution in [-0.2, 0) is 14.3 Å². The highest BCUT2D eigenvalue weighted by atomic mass is 16.5. The molecule has 0 saturated carbocycles. The minimum absolute atomic E-state index is 0.266. The van der Waals surface area contributed by atoms with Crippen LogP contribution in [0.4, 0.5) is 0 Å². The van der Waals surface area contributed by atoms with E-state index in [-0.39, 0.29) is 18.5 Å². The normalized spacial score (nSPS) is 10.9. The first-order valence-corrected chi connectivity index (χ1v) is 9.21. The van der Waals surface area contributed by atoms with Gasteiger partial charge >= 0.3 is 0 Å². The number of carbonyl (C=O) groups excluding carboxylic acids is 3. The molecular weight excluding hydrogens is 386 g/mol. The maximum atomic E-state index is 12.4. The maximum absolute atomic E-state index is 12.4. The van der Waals surface area contributed by atoms with E-state index in [0.29, 0.717) is 6.61 Å². The van der Waals surface area contributed by atoms with Crippen LogP contribution in [-0.4, -0.2) is 49.2 Å². The Morgan fingerprint density at radius 2 is 1.63 bits per heavy atom. The standard InChI is InChI=1S/C22H23N3O5/c1-30-14-13-23-20(26)15-19(22(28)25-29)24-21(27)18-11-9-17(10-12-18)8-7-16-5-3-2-4-6-16/h2-6,9-12,19,29H,13-15H2,1H3,(H,23,26)(H,24,27)(H,25,28)/t19-/m0/s1. The predicted molar refractivity (Wildman–Crippen MR) is 110 cm³/mol. The van der Waals surface area contributed by atoms with Crippen molar-refractivity contribution in [2.45, 2.75) is 12.5 Å². The van der Waals surface area contributed by atoms with Gasteiger partial charge in [0.1, 0.15) is 6.04 Å². The van der Waals surface area contributed by atoms with Crippen molar-refractivity contribution >= 4 is 17.7 Å². The number of benzene rings is 2. The van der Waals surface area contributed by atoms with Gasteiger partial charge < -0.3 is 15.4 Å². The van der Waals surface area contributed by atoms with Gasteiger partial charge in [0.2, 0.25) is 5.91 Å². The molecule has 2 aromatic carbocycles. The lowest BCUT2D eigenvalue weighted by Crippen LogP contribution is -2.48. The monoisotopic (exact) mass is 409 g/mol. The molecule has 0 bridgehead atoms. The molecule has 8 nitrogen and oxygen atoms in total. The topological polar surface area (TPSA) is 117 Å². The zero-order valence-corrected chi connectivity index (χ0v) is 16.5. The molecule has 1 atom stereocenters. The van der Waals surface area contributed by atoms with Crippen LogP contribution in [0.3, 0.4) is 0 Å². The van der Waals surface area contributed by atoms with Crippen LogP contribution in [0.5, 0.6) is 0 Å². The SMILES string of the molecule is COCCNC(=O)C[C@H](NC(=O)c1ccc(C#Cc2ccccc2)cc1)C(=O)NO. The molecule has 2 rings (SSSR count). The summed E-state index contributed by atoms with van der Waals surface area (Å²) in [5, 5.41) is 13.9. The summed E-state index contributed by atoms with van der Waals surface area (Å²) in [4.78, 5) is 36.2. The molecule has 0 aromatic heterocycles. The lowest BCUT2D eigenvalue weighted by atomic mass is 10.1. The highest BCUT2D eigenvalue weighted by Gasteiger charge is 2.24. The molecule has 0 aliphatic rings. The predicted octanol–water partition coefficient (Wildman–Crippen LogP) is 0.843. The van der Waals surface area contributed by atoms with Gasteiger partial charge in [-0.1, -0.05) is 30.0 Å². The number of amides is 3. The van der Waals surface area contributed by atoms with Crippen molar-refractivity contribution in [1.29, 1.82) is 0 Å². The molecule has 2 aromatic rings. The second kappa shape index (κ2) is 12.0. The zero-order valence-electron chi connectivity index (χ0n) is 16.5. The molecule has 3 amide bonds. The summed E-state index contributed by atoms with van der Waals surface area (Å²) in [7, 11) is 1.49. The van der Waals surface area contributed by atoms with E-state index in [2.05, 4.69) is 22.5 Å². The number of hydrogen-bond acceptors (Lipinski definition) is 5. The van der Waals surface area contributed by atoms with Crippen LogP contribution in [0.2, 0.25) is 0 Å². The van der Waals surface area contributed by atoms with Gasteiger partial charge in [-0.3, -0.25) is 19.6 Å². The third kappa shape index (κ3) is 7.39. The zero-order chi connectivity index (χ0) is 21.8. The molecule has 4 N–H and O–H groups in total. The second-order valence-corrected chi connectivity index (χ2v) is 6.24. The van der Waals surface area contributed by atoms with Crippen LogP contribution < -0.4 is 16.1 Å². The van der Waals surface area contributed by atoms with Crippen molar-refractivity contribution in [3.05, 3.63) is 71.3 Å². The van der Waals surface area contributed by atoms with Gasteiger partial charge in [0.25, 0.3) is 11.8 Å². The van der Waals surface area contributed by atoms with E-state index >= 15 is 0 Å². The molecule has 0 saturated heterocycles. The fourth-order valence-electron chi connectivity index (χ4n) is 2.45. The first-order valence-electron chi connectivity index (χ1n) is 9.21. The summed E-state index contributed by atoms with van der Waals surface area (Å²) in [6, 6.07) is 14.8. The van der Waals surface area contributed by atoms with Crippen LogP contribution in [0.25, 0.3) is 0 Å². The van der Waals surface area contributed by atoms with Crippen LogP contribution in [0.15, 0.2) is 54.6 Å². The first kappa shape index (κ1) is 22.6. The van der Waals surface area contributed by atoms with Crippen molar-refractivity contribution in [2.75, 3.05) is 20.3 Å². The summed E-state index contributed by atoms with van der Waals surface area (Å²) >= 11 is 0. The molecule has 0 radical (unpaired) electrons. The van der Waals surface area contributed by atoms with Crippen LogP contribution in [0.1, 0.15) is 27.9 Å². The van der Waals surface area contributed by atoms with Gasteiger partial charge in [-0.15, -0.1) is 0 Å². The summed E-state index contributed by atoms with van der Waals surface area (Å²) in [6.45, 7) is 0.580. The van der Waals surface area contributed by atoms with Gasteiger partial charge in [-0.05, 0) is 36.4 Å². The van der Waals surface area contributed by atoms with Gasteiger partial charge in [-0.25, -0.2) is 5.48 Å². The number of carbonyl (C=O) groups is 3. The summed E-state index contributed by atoms with van der Waals surface area (Å²) in [5.74, 6) is 4.11. The molecule has 156 valence electrons. The molecule has 0 fully saturated rings. The minimum Gasteiger partial charge on any atom is -0.383 e. The van der Waals surface area contributed by atoms with E-state index < -0.39 is 23.8 Å². The van der Waals surface area contributed by atoms with Crippen LogP contribution >= 0.6 is 0 Å². The first-order chi connectivity index (χ1) is 14.5.